The van der Waals surface area contributed by atoms with Crippen molar-refractivity contribution in [3.05, 3.63) is 0 Å². The van der Waals surface area contributed by atoms with E-state index in [1.54, 1.807) is 0 Å². The maximum absolute atomic E-state index is 12.1. The van der Waals surface area contributed by atoms with Gasteiger partial charge in [-0.25, -0.2) is 0 Å². The lowest BCUT2D eigenvalue weighted by molar-refractivity contribution is -0.158. The summed E-state index contributed by atoms with van der Waals surface area (Å²) >= 11 is 0. The van der Waals surface area contributed by atoms with E-state index in [4.69, 9.17) is 10.5 Å². The zero-order chi connectivity index (χ0) is 14.4. The molecule has 0 aromatic rings. The Morgan fingerprint density at radius 1 is 1.17 bits per heavy atom. The van der Waals surface area contributed by atoms with Gasteiger partial charge in [0.2, 0.25) is 0 Å². The Morgan fingerprint density at radius 2 is 1.72 bits per heavy atom. The molecule has 1 atom stereocenters. The lowest BCUT2D eigenvalue weighted by Crippen LogP contribution is -2.49. The topological polar surface area (TPSA) is 64.3 Å². The highest BCUT2D eigenvalue weighted by atomic mass is 16.6. The fourth-order valence-corrected chi connectivity index (χ4v) is 1.64. The highest BCUT2D eigenvalue weighted by Crippen LogP contribution is 2.13. The minimum Gasteiger partial charge on any atom is -0.459 e. The second-order valence-corrected chi connectivity index (χ2v) is 6.76. The van der Waals surface area contributed by atoms with E-state index in [2.05, 4.69) is 5.32 Å². The molecule has 0 aliphatic rings. The Balaban J connectivity index is 4.49. The third-order valence-electron chi connectivity index (χ3n) is 2.25. The van der Waals surface area contributed by atoms with Crippen LogP contribution in [0, 0.1) is 0 Å². The molecule has 0 aliphatic heterocycles. The van der Waals surface area contributed by atoms with Crippen molar-refractivity contribution in [2.75, 3.05) is 6.54 Å². The molecule has 0 rings (SSSR count). The van der Waals surface area contributed by atoms with Crippen LogP contribution in [0.15, 0.2) is 0 Å². The molecule has 4 heteroatoms. The first-order valence-electron chi connectivity index (χ1n) is 6.76. The zero-order valence-corrected chi connectivity index (χ0v) is 12.8. The summed E-state index contributed by atoms with van der Waals surface area (Å²) in [7, 11) is 0. The summed E-state index contributed by atoms with van der Waals surface area (Å²) in [6.45, 7) is 12.5. The molecule has 0 radical (unpaired) electrons. The van der Waals surface area contributed by atoms with Crippen molar-refractivity contribution in [1.29, 1.82) is 0 Å². The van der Waals surface area contributed by atoms with Gasteiger partial charge < -0.3 is 10.5 Å². The van der Waals surface area contributed by atoms with Crippen LogP contribution >= 0.6 is 0 Å². The molecule has 0 bridgehead atoms. The van der Waals surface area contributed by atoms with E-state index in [1.807, 2.05) is 41.5 Å². The van der Waals surface area contributed by atoms with Crippen molar-refractivity contribution in [3.8, 4) is 0 Å². The molecule has 0 aromatic heterocycles. The van der Waals surface area contributed by atoms with Gasteiger partial charge in [-0.3, -0.25) is 10.1 Å². The largest absolute Gasteiger partial charge is 0.459 e. The van der Waals surface area contributed by atoms with E-state index in [9.17, 15) is 4.79 Å². The first-order valence-corrected chi connectivity index (χ1v) is 6.76. The van der Waals surface area contributed by atoms with E-state index in [-0.39, 0.29) is 17.6 Å². The van der Waals surface area contributed by atoms with Gasteiger partial charge in [0.05, 0.1) is 0 Å². The Labute approximate surface area is 112 Å². The summed E-state index contributed by atoms with van der Waals surface area (Å²) in [6.07, 6.45) is 2.64. The molecule has 108 valence electrons. The van der Waals surface area contributed by atoms with Crippen LogP contribution in [0.5, 0.6) is 0 Å². The average molecular weight is 258 g/mol. The fourth-order valence-electron chi connectivity index (χ4n) is 1.64. The lowest BCUT2D eigenvalue weighted by atomic mass is 10.0. The third-order valence-corrected chi connectivity index (χ3v) is 2.25. The number of ether oxygens (including phenoxy) is 1. The summed E-state index contributed by atoms with van der Waals surface area (Å²) in [5.74, 6) is -0.172. The number of carbonyl (C=O) groups excluding carboxylic acids is 1. The predicted octanol–water partition coefficient (Wildman–Crippen LogP) is 2.21. The number of carbonyl (C=O) groups is 1. The number of nitrogens with two attached hydrogens (primary N) is 1. The molecular formula is C14H30N2O2. The number of nitrogens with one attached hydrogen (secondary N) is 1. The number of unbranched alkanes of at least 4 members (excludes halogenated alkanes) is 1. The van der Waals surface area contributed by atoms with Crippen LogP contribution in [-0.2, 0) is 9.53 Å². The minimum atomic E-state index is -0.442. The van der Waals surface area contributed by atoms with Crippen LogP contribution in [0.4, 0.5) is 0 Å². The fraction of sp³-hybridized carbons (Fsp3) is 0.929. The molecule has 0 heterocycles. The molecule has 0 aliphatic carbocycles. The van der Waals surface area contributed by atoms with Gasteiger partial charge >= 0.3 is 5.97 Å². The highest BCUT2D eigenvalue weighted by molar-refractivity contribution is 5.76. The molecule has 0 saturated heterocycles. The molecule has 0 aromatic carbocycles. The van der Waals surface area contributed by atoms with Crippen molar-refractivity contribution in [2.24, 2.45) is 5.73 Å². The average Bonchev–Trinajstić information content (AvgIpc) is 2.11. The molecule has 0 amide bonds. The SMILES string of the molecule is CC(C)(C)NC(CCCCN)C(=O)OC(C)(C)C. The Kier molecular flexibility index (Phi) is 6.86. The molecule has 0 fully saturated rings. The Morgan fingerprint density at radius 3 is 2.11 bits per heavy atom. The van der Waals surface area contributed by atoms with Gasteiger partial charge in [0.1, 0.15) is 11.6 Å². The number of hydrogen-bond donors (Lipinski definition) is 2. The summed E-state index contributed by atoms with van der Waals surface area (Å²) in [5, 5.41) is 3.32. The minimum absolute atomic E-state index is 0.107. The quantitative estimate of drug-likeness (QED) is 0.566. The number of esters is 1. The van der Waals surface area contributed by atoms with Crippen LogP contribution in [0.1, 0.15) is 60.8 Å². The van der Waals surface area contributed by atoms with E-state index in [1.165, 1.54) is 0 Å². The van der Waals surface area contributed by atoms with Crippen LogP contribution < -0.4 is 11.1 Å². The summed E-state index contributed by atoms with van der Waals surface area (Å²) in [6, 6.07) is -0.254. The van der Waals surface area contributed by atoms with Gasteiger partial charge in [-0.15, -0.1) is 0 Å². The molecule has 1 unspecified atom stereocenters. The summed E-state index contributed by atoms with van der Waals surface area (Å²) < 4.78 is 5.44. The molecule has 0 saturated carbocycles. The van der Waals surface area contributed by atoms with Gasteiger partial charge in [-0.05, 0) is 60.9 Å². The highest BCUT2D eigenvalue weighted by Gasteiger charge is 2.27. The van der Waals surface area contributed by atoms with Gasteiger partial charge in [-0.2, -0.15) is 0 Å². The summed E-state index contributed by atoms with van der Waals surface area (Å²) in [5.41, 5.74) is 4.93. The van der Waals surface area contributed by atoms with E-state index >= 15 is 0 Å². The maximum Gasteiger partial charge on any atom is 0.323 e. The van der Waals surface area contributed by atoms with Gasteiger partial charge in [0.15, 0.2) is 0 Å². The van der Waals surface area contributed by atoms with Gasteiger partial charge in [0.25, 0.3) is 0 Å². The Hall–Kier alpha value is -0.610. The standard InChI is InChI=1S/C14H30N2O2/c1-13(2,3)16-11(9-7-8-10-15)12(17)18-14(4,5)6/h11,16H,7-10,15H2,1-6H3. The van der Waals surface area contributed by atoms with Crippen LogP contribution in [0.2, 0.25) is 0 Å². The molecule has 4 nitrogen and oxygen atoms in total. The zero-order valence-electron chi connectivity index (χ0n) is 12.8. The van der Waals surface area contributed by atoms with Crippen molar-refractivity contribution in [3.63, 3.8) is 0 Å². The second-order valence-electron chi connectivity index (χ2n) is 6.76. The molecule has 18 heavy (non-hydrogen) atoms. The normalized spacial score (nSPS) is 14.4. The monoisotopic (exact) mass is 258 g/mol. The summed E-state index contributed by atoms with van der Waals surface area (Å²) in [4.78, 5) is 12.1. The van der Waals surface area contributed by atoms with Crippen molar-refractivity contribution in [1.82, 2.24) is 5.32 Å². The number of hydrogen-bond acceptors (Lipinski definition) is 4. The van der Waals surface area contributed by atoms with Crippen molar-refractivity contribution < 1.29 is 9.53 Å². The smallest absolute Gasteiger partial charge is 0.323 e. The lowest BCUT2D eigenvalue weighted by Gasteiger charge is -2.30. The third kappa shape index (κ3) is 9.42. The molecular weight excluding hydrogens is 228 g/mol. The van der Waals surface area contributed by atoms with Gasteiger partial charge in [0, 0.05) is 5.54 Å². The number of rotatable bonds is 6. The van der Waals surface area contributed by atoms with Gasteiger partial charge in [-0.1, -0.05) is 6.42 Å². The molecule has 3 N–H and O–H groups in total. The van der Waals surface area contributed by atoms with E-state index in [0.717, 1.165) is 19.3 Å². The molecule has 0 spiro atoms. The van der Waals surface area contributed by atoms with Crippen LogP contribution in [0.3, 0.4) is 0 Å². The van der Waals surface area contributed by atoms with E-state index < -0.39 is 5.60 Å². The first kappa shape index (κ1) is 17.4. The van der Waals surface area contributed by atoms with Crippen molar-refractivity contribution in [2.45, 2.75) is 78.0 Å². The van der Waals surface area contributed by atoms with Crippen LogP contribution in [0.25, 0.3) is 0 Å². The van der Waals surface area contributed by atoms with Crippen molar-refractivity contribution >= 4 is 5.97 Å². The predicted molar refractivity (Wildman–Crippen MR) is 75.4 cm³/mol. The second kappa shape index (κ2) is 7.10. The van der Waals surface area contributed by atoms with Crippen LogP contribution in [-0.4, -0.2) is 29.7 Å². The maximum atomic E-state index is 12.1. The van der Waals surface area contributed by atoms with E-state index in [0.29, 0.717) is 6.54 Å². The first-order chi connectivity index (χ1) is 8.05. The Bertz CT molecular complexity index is 252.